The van der Waals surface area contributed by atoms with Gasteiger partial charge in [-0.3, -0.25) is 0 Å². The van der Waals surface area contributed by atoms with E-state index >= 15 is 0 Å². The number of hydrogen-bond acceptors (Lipinski definition) is 3. The summed E-state index contributed by atoms with van der Waals surface area (Å²) in [5.41, 5.74) is 1.22. The highest BCUT2D eigenvalue weighted by atomic mass is 35.5. The van der Waals surface area contributed by atoms with Crippen LogP contribution in [0.15, 0.2) is 48.7 Å². The van der Waals surface area contributed by atoms with Gasteiger partial charge in [-0.05, 0) is 24.1 Å². The number of aliphatic hydroxyl groups excluding tert-OH is 1. The third kappa shape index (κ3) is 4.23. The molecule has 0 radical (unpaired) electrons. The number of pyridine rings is 1. The fourth-order valence-corrected chi connectivity index (χ4v) is 2.09. The van der Waals surface area contributed by atoms with E-state index < -0.39 is 0 Å². The Kier molecular flexibility index (Phi) is 5.19. The maximum absolute atomic E-state index is 9.17. The number of hydrogen-bond donors (Lipinski definition) is 2. The lowest BCUT2D eigenvalue weighted by Gasteiger charge is -2.17. The molecule has 0 amide bonds. The van der Waals surface area contributed by atoms with Gasteiger partial charge < -0.3 is 10.4 Å². The summed E-state index contributed by atoms with van der Waals surface area (Å²) in [4.78, 5) is 4.20. The lowest BCUT2D eigenvalue weighted by Crippen LogP contribution is -2.14. The monoisotopic (exact) mass is 276 g/mol. The van der Waals surface area contributed by atoms with E-state index in [1.54, 1.807) is 12.3 Å². The molecule has 0 saturated carbocycles. The molecule has 2 aromatic rings. The van der Waals surface area contributed by atoms with Crippen molar-refractivity contribution in [3.63, 3.8) is 0 Å². The van der Waals surface area contributed by atoms with Crippen molar-refractivity contribution in [2.24, 2.45) is 0 Å². The highest BCUT2D eigenvalue weighted by Crippen LogP contribution is 2.20. The average molecular weight is 277 g/mol. The van der Waals surface area contributed by atoms with Gasteiger partial charge in [-0.1, -0.05) is 41.9 Å². The highest BCUT2D eigenvalue weighted by molar-refractivity contribution is 6.30. The molecular formula is C15H17ClN2O. The zero-order chi connectivity index (χ0) is 13.5. The Morgan fingerprint density at radius 1 is 1.16 bits per heavy atom. The van der Waals surface area contributed by atoms with Gasteiger partial charge in [0.15, 0.2) is 0 Å². The topological polar surface area (TPSA) is 45.1 Å². The first-order chi connectivity index (χ1) is 9.29. The number of nitrogens with one attached hydrogen (secondary N) is 1. The van der Waals surface area contributed by atoms with Gasteiger partial charge in [-0.25, -0.2) is 4.98 Å². The molecular weight excluding hydrogens is 260 g/mol. The molecule has 1 atom stereocenters. The molecule has 3 nitrogen and oxygen atoms in total. The van der Waals surface area contributed by atoms with Crippen LogP contribution in [0, 0.1) is 0 Å². The first kappa shape index (κ1) is 13.8. The van der Waals surface area contributed by atoms with Gasteiger partial charge in [0, 0.05) is 25.3 Å². The molecule has 0 fully saturated rings. The van der Waals surface area contributed by atoms with E-state index in [4.69, 9.17) is 11.6 Å². The summed E-state index contributed by atoms with van der Waals surface area (Å²) in [7, 11) is 0. The smallest absolute Gasteiger partial charge is 0.126 e. The van der Waals surface area contributed by atoms with Crippen molar-refractivity contribution in [3.05, 3.63) is 59.2 Å². The summed E-state index contributed by atoms with van der Waals surface area (Å²) < 4.78 is 0. The largest absolute Gasteiger partial charge is 0.396 e. The van der Waals surface area contributed by atoms with Gasteiger partial charge in [0.1, 0.15) is 5.82 Å². The average Bonchev–Trinajstić information content (AvgIpc) is 2.46. The number of anilines is 1. The molecule has 100 valence electrons. The SMILES string of the molecule is OCC[C@H](CNc1ccc(Cl)cn1)c1ccccc1. The second-order valence-corrected chi connectivity index (χ2v) is 4.80. The Hall–Kier alpha value is -1.58. The van der Waals surface area contributed by atoms with E-state index in [2.05, 4.69) is 22.4 Å². The minimum Gasteiger partial charge on any atom is -0.396 e. The summed E-state index contributed by atoms with van der Waals surface area (Å²) in [5.74, 6) is 1.06. The Labute approximate surface area is 118 Å². The summed E-state index contributed by atoms with van der Waals surface area (Å²) in [6.07, 6.45) is 2.35. The molecule has 0 spiro atoms. The predicted molar refractivity (Wildman–Crippen MR) is 78.6 cm³/mol. The third-order valence-electron chi connectivity index (χ3n) is 3.01. The third-order valence-corrected chi connectivity index (χ3v) is 3.23. The zero-order valence-corrected chi connectivity index (χ0v) is 11.3. The zero-order valence-electron chi connectivity index (χ0n) is 10.6. The number of aliphatic hydroxyl groups is 1. The normalized spacial score (nSPS) is 12.1. The van der Waals surface area contributed by atoms with Crippen LogP contribution in [0.3, 0.4) is 0 Å². The number of benzene rings is 1. The summed E-state index contributed by atoms with van der Waals surface area (Å²) in [5, 5.41) is 13.1. The molecule has 0 aliphatic heterocycles. The van der Waals surface area contributed by atoms with E-state index in [0.717, 1.165) is 18.8 Å². The molecule has 2 rings (SSSR count). The summed E-state index contributed by atoms with van der Waals surface area (Å²) in [6, 6.07) is 13.8. The van der Waals surface area contributed by atoms with E-state index in [9.17, 15) is 5.11 Å². The molecule has 0 unspecified atom stereocenters. The number of aromatic nitrogens is 1. The van der Waals surface area contributed by atoms with Crippen molar-refractivity contribution in [3.8, 4) is 0 Å². The molecule has 1 heterocycles. The Bertz CT molecular complexity index is 487. The van der Waals surface area contributed by atoms with Gasteiger partial charge in [0.25, 0.3) is 0 Å². The number of nitrogens with zero attached hydrogens (tertiary/aromatic N) is 1. The van der Waals surface area contributed by atoms with Crippen LogP contribution >= 0.6 is 11.6 Å². The van der Waals surface area contributed by atoms with Gasteiger partial charge >= 0.3 is 0 Å². The van der Waals surface area contributed by atoms with Crippen LogP contribution < -0.4 is 5.32 Å². The van der Waals surface area contributed by atoms with Crippen LogP contribution in [0.4, 0.5) is 5.82 Å². The lowest BCUT2D eigenvalue weighted by atomic mass is 9.96. The van der Waals surface area contributed by atoms with E-state index in [1.807, 2.05) is 24.3 Å². The molecule has 2 N–H and O–H groups in total. The highest BCUT2D eigenvalue weighted by Gasteiger charge is 2.10. The summed E-state index contributed by atoms with van der Waals surface area (Å²) in [6.45, 7) is 0.911. The van der Waals surface area contributed by atoms with Crippen LogP contribution in [-0.4, -0.2) is 23.2 Å². The molecule has 0 aliphatic rings. The molecule has 0 saturated heterocycles. The van der Waals surface area contributed by atoms with Gasteiger partial charge in [0.2, 0.25) is 0 Å². The minimum atomic E-state index is 0.176. The van der Waals surface area contributed by atoms with Crippen LogP contribution in [0.1, 0.15) is 17.9 Å². The van der Waals surface area contributed by atoms with Crippen LogP contribution in [0.5, 0.6) is 0 Å². The van der Waals surface area contributed by atoms with Crippen molar-refractivity contribution in [2.45, 2.75) is 12.3 Å². The second kappa shape index (κ2) is 7.12. The maximum atomic E-state index is 9.17. The van der Waals surface area contributed by atoms with Gasteiger partial charge in [-0.2, -0.15) is 0 Å². The lowest BCUT2D eigenvalue weighted by molar-refractivity contribution is 0.277. The molecule has 1 aromatic heterocycles. The van der Waals surface area contributed by atoms with Crippen molar-refractivity contribution < 1.29 is 5.11 Å². The fraction of sp³-hybridized carbons (Fsp3) is 0.267. The molecule has 0 aliphatic carbocycles. The minimum absolute atomic E-state index is 0.176. The standard InChI is InChI=1S/C15H17ClN2O/c16-14-6-7-15(18-11-14)17-10-13(8-9-19)12-4-2-1-3-5-12/h1-7,11,13,19H,8-10H2,(H,17,18)/t13-/m1/s1. The number of halogens is 1. The Morgan fingerprint density at radius 3 is 2.58 bits per heavy atom. The Balaban J connectivity index is 1.99. The number of rotatable bonds is 6. The van der Waals surface area contributed by atoms with Gasteiger partial charge in [-0.15, -0.1) is 0 Å². The van der Waals surface area contributed by atoms with Crippen LogP contribution in [-0.2, 0) is 0 Å². The van der Waals surface area contributed by atoms with Crippen molar-refractivity contribution >= 4 is 17.4 Å². The molecule has 1 aromatic carbocycles. The predicted octanol–water partition coefficient (Wildman–Crippen LogP) is 3.31. The fourth-order valence-electron chi connectivity index (χ4n) is 1.98. The molecule has 4 heteroatoms. The first-order valence-electron chi connectivity index (χ1n) is 6.31. The van der Waals surface area contributed by atoms with E-state index in [-0.39, 0.29) is 12.5 Å². The van der Waals surface area contributed by atoms with Crippen LogP contribution in [0.2, 0.25) is 5.02 Å². The van der Waals surface area contributed by atoms with Crippen molar-refractivity contribution in [2.75, 3.05) is 18.5 Å². The van der Waals surface area contributed by atoms with Crippen LogP contribution in [0.25, 0.3) is 0 Å². The maximum Gasteiger partial charge on any atom is 0.126 e. The Morgan fingerprint density at radius 2 is 1.95 bits per heavy atom. The van der Waals surface area contributed by atoms with E-state index in [0.29, 0.717) is 5.02 Å². The second-order valence-electron chi connectivity index (χ2n) is 4.36. The van der Waals surface area contributed by atoms with E-state index in [1.165, 1.54) is 5.56 Å². The first-order valence-corrected chi connectivity index (χ1v) is 6.68. The quantitative estimate of drug-likeness (QED) is 0.851. The van der Waals surface area contributed by atoms with Crippen molar-refractivity contribution in [1.29, 1.82) is 0 Å². The molecule has 19 heavy (non-hydrogen) atoms. The van der Waals surface area contributed by atoms with Crippen molar-refractivity contribution in [1.82, 2.24) is 4.98 Å². The molecule has 0 bridgehead atoms. The van der Waals surface area contributed by atoms with Gasteiger partial charge in [0.05, 0.1) is 5.02 Å². The summed E-state index contributed by atoms with van der Waals surface area (Å²) >= 11 is 5.80.